The minimum Gasteiger partial charge on any atom is -0.493 e. The third-order valence-electron chi connectivity index (χ3n) is 5.81. The molecule has 1 aliphatic rings. The monoisotopic (exact) mass is 432 g/mol. The van der Waals surface area contributed by atoms with Crippen LogP contribution < -0.4 is 20.1 Å². The molecule has 164 valence electrons. The van der Waals surface area contributed by atoms with Gasteiger partial charge in [0, 0.05) is 12.0 Å². The molecule has 0 aliphatic carbocycles. The molecule has 5 nitrogen and oxygen atoms in total. The normalized spacial score (nSPS) is 19.3. The predicted octanol–water partition coefficient (Wildman–Crippen LogP) is 4.22. The fourth-order valence-electron chi connectivity index (χ4n) is 4.04. The van der Waals surface area contributed by atoms with Crippen LogP contribution in [0, 0.1) is 12.8 Å². The minimum absolute atomic E-state index is 0. The van der Waals surface area contributed by atoms with Crippen LogP contribution in [-0.2, 0) is 11.2 Å². The molecular weight excluding hydrogens is 400 g/mol. The van der Waals surface area contributed by atoms with Crippen LogP contribution in [0.5, 0.6) is 11.5 Å². The van der Waals surface area contributed by atoms with E-state index in [-0.39, 0.29) is 30.3 Å². The van der Waals surface area contributed by atoms with Crippen molar-refractivity contribution < 1.29 is 14.3 Å². The van der Waals surface area contributed by atoms with E-state index in [2.05, 4.69) is 36.6 Å². The molecular formula is C24H33ClN2O3. The van der Waals surface area contributed by atoms with Gasteiger partial charge < -0.3 is 20.1 Å². The Morgan fingerprint density at radius 1 is 1.17 bits per heavy atom. The van der Waals surface area contributed by atoms with Gasteiger partial charge in [-0.1, -0.05) is 30.3 Å². The van der Waals surface area contributed by atoms with Crippen molar-refractivity contribution in [2.75, 3.05) is 20.8 Å². The Morgan fingerprint density at radius 2 is 1.90 bits per heavy atom. The molecule has 1 amide bonds. The van der Waals surface area contributed by atoms with E-state index >= 15 is 0 Å². The largest absolute Gasteiger partial charge is 0.493 e. The van der Waals surface area contributed by atoms with Gasteiger partial charge in [0.2, 0.25) is 5.91 Å². The van der Waals surface area contributed by atoms with E-state index in [0.717, 1.165) is 31.4 Å². The Balaban J connectivity index is 0.00000320. The fraction of sp³-hybridized carbons (Fsp3) is 0.458. The van der Waals surface area contributed by atoms with E-state index in [1.54, 1.807) is 14.2 Å². The van der Waals surface area contributed by atoms with Gasteiger partial charge in [0.15, 0.2) is 11.5 Å². The number of rotatable bonds is 7. The van der Waals surface area contributed by atoms with Crippen molar-refractivity contribution in [2.24, 2.45) is 5.92 Å². The fourth-order valence-corrected chi connectivity index (χ4v) is 4.04. The number of piperidine rings is 1. The first-order chi connectivity index (χ1) is 14.0. The predicted molar refractivity (Wildman–Crippen MR) is 123 cm³/mol. The van der Waals surface area contributed by atoms with Gasteiger partial charge in [0.05, 0.1) is 20.3 Å². The first kappa shape index (κ1) is 24.0. The summed E-state index contributed by atoms with van der Waals surface area (Å²) in [6.45, 7) is 5.13. The van der Waals surface area contributed by atoms with E-state index in [4.69, 9.17) is 9.47 Å². The third kappa shape index (κ3) is 5.89. The maximum absolute atomic E-state index is 13.1. The van der Waals surface area contributed by atoms with E-state index in [1.807, 2.05) is 30.3 Å². The molecule has 30 heavy (non-hydrogen) atoms. The number of ether oxygens (including phenoxy) is 2. The number of hydrogen-bond donors (Lipinski definition) is 2. The zero-order chi connectivity index (χ0) is 20.8. The lowest BCUT2D eigenvalue weighted by molar-refractivity contribution is -0.126. The lowest BCUT2D eigenvalue weighted by Gasteiger charge is -2.29. The Bertz CT molecular complexity index is 843. The van der Waals surface area contributed by atoms with Crippen molar-refractivity contribution in [1.82, 2.24) is 10.6 Å². The van der Waals surface area contributed by atoms with Gasteiger partial charge in [0.1, 0.15) is 0 Å². The zero-order valence-corrected chi connectivity index (χ0v) is 19.1. The van der Waals surface area contributed by atoms with Crippen molar-refractivity contribution >= 4 is 18.3 Å². The number of aryl methyl sites for hydroxylation is 1. The van der Waals surface area contributed by atoms with Crippen LogP contribution in [0.1, 0.15) is 42.5 Å². The SMILES string of the molecule is COc1ccc(C(Cc2ccccc2C)NC(=O)[C@H]2CCN[C@@H](C)C2)cc1OC.Cl. The van der Waals surface area contributed by atoms with Crippen LogP contribution >= 0.6 is 12.4 Å². The maximum Gasteiger partial charge on any atom is 0.223 e. The topological polar surface area (TPSA) is 59.6 Å². The van der Waals surface area contributed by atoms with Gasteiger partial charge in [-0.05, 0) is 68.5 Å². The number of carbonyl (C=O) groups is 1. The van der Waals surface area contributed by atoms with E-state index in [1.165, 1.54) is 11.1 Å². The van der Waals surface area contributed by atoms with Crippen LogP contribution in [-0.4, -0.2) is 32.7 Å². The first-order valence-electron chi connectivity index (χ1n) is 10.3. The summed E-state index contributed by atoms with van der Waals surface area (Å²) in [5.74, 6) is 1.53. The number of methoxy groups -OCH3 is 2. The van der Waals surface area contributed by atoms with Crippen molar-refractivity contribution in [3.05, 3.63) is 59.2 Å². The summed E-state index contributed by atoms with van der Waals surface area (Å²) < 4.78 is 10.9. The Kier molecular flexibility index (Phi) is 9.00. The van der Waals surface area contributed by atoms with E-state index in [0.29, 0.717) is 17.5 Å². The summed E-state index contributed by atoms with van der Waals surface area (Å²) in [6.07, 6.45) is 2.47. The highest BCUT2D eigenvalue weighted by Crippen LogP contribution is 2.32. The highest BCUT2D eigenvalue weighted by molar-refractivity contribution is 5.85. The second-order valence-corrected chi connectivity index (χ2v) is 7.88. The van der Waals surface area contributed by atoms with Crippen LogP contribution in [0.15, 0.2) is 42.5 Å². The quantitative estimate of drug-likeness (QED) is 0.687. The number of carbonyl (C=O) groups excluding carboxylic acids is 1. The standard InChI is InChI=1S/C24H32N2O3.ClH/c1-16-7-5-6-8-18(16)14-21(19-9-10-22(28-3)23(15-19)29-4)26-24(27)20-11-12-25-17(2)13-20;/h5-10,15,17,20-21,25H,11-14H2,1-4H3,(H,26,27);1H/t17-,20-,21?;/m0./s1. The maximum atomic E-state index is 13.1. The van der Waals surface area contributed by atoms with Crippen LogP contribution in [0.25, 0.3) is 0 Å². The average molecular weight is 433 g/mol. The average Bonchev–Trinajstić information content (AvgIpc) is 2.74. The molecule has 1 aliphatic heterocycles. The van der Waals surface area contributed by atoms with Gasteiger partial charge in [-0.3, -0.25) is 4.79 Å². The van der Waals surface area contributed by atoms with Gasteiger partial charge in [-0.15, -0.1) is 12.4 Å². The summed E-state index contributed by atoms with van der Waals surface area (Å²) in [4.78, 5) is 13.1. The molecule has 0 saturated carbocycles. The van der Waals surface area contributed by atoms with Gasteiger partial charge in [0.25, 0.3) is 0 Å². The van der Waals surface area contributed by atoms with Crippen LogP contribution in [0.4, 0.5) is 0 Å². The minimum atomic E-state index is -0.131. The van der Waals surface area contributed by atoms with Crippen LogP contribution in [0.2, 0.25) is 0 Å². The van der Waals surface area contributed by atoms with Crippen LogP contribution in [0.3, 0.4) is 0 Å². The Labute approximate surface area is 186 Å². The van der Waals surface area contributed by atoms with Gasteiger partial charge in [-0.25, -0.2) is 0 Å². The second-order valence-electron chi connectivity index (χ2n) is 7.88. The highest BCUT2D eigenvalue weighted by Gasteiger charge is 2.27. The summed E-state index contributed by atoms with van der Waals surface area (Å²) in [5, 5.41) is 6.74. The number of hydrogen-bond acceptors (Lipinski definition) is 4. The molecule has 0 radical (unpaired) electrons. The summed E-state index contributed by atoms with van der Waals surface area (Å²) in [7, 11) is 3.26. The van der Waals surface area contributed by atoms with Crippen molar-refractivity contribution in [3.8, 4) is 11.5 Å². The Morgan fingerprint density at radius 3 is 2.57 bits per heavy atom. The second kappa shape index (κ2) is 11.2. The van der Waals surface area contributed by atoms with Crippen molar-refractivity contribution in [3.63, 3.8) is 0 Å². The van der Waals surface area contributed by atoms with E-state index < -0.39 is 0 Å². The third-order valence-corrected chi connectivity index (χ3v) is 5.81. The highest BCUT2D eigenvalue weighted by atomic mass is 35.5. The Hall–Kier alpha value is -2.24. The molecule has 3 rings (SSSR count). The molecule has 0 bridgehead atoms. The molecule has 6 heteroatoms. The smallest absolute Gasteiger partial charge is 0.223 e. The molecule has 1 saturated heterocycles. The first-order valence-corrected chi connectivity index (χ1v) is 10.3. The van der Waals surface area contributed by atoms with Gasteiger partial charge >= 0.3 is 0 Å². The number of benzene rings is 2. The number of halogens is 1. The number of nitrogens with one attached hydrogen (secondary N) is 2. The van der Waals surface area contributed by atoms with Crippen molar-refractivity contribution in [2.45, 2.75) is 45.2 Å². The number of amides is 1. The zero-order valence-electron chi connectivity index (χ0n) is 18.2. The molecule has 3 atom stereocenters. The lowest BCUT2D eigenvalue weighted by Crippen LogP contribution is -2.43. The summed E-state index contributed by atoms with van der Waals surface area (Å²) in [6, 6.07) is 14.4. The molecule has 2 aromatic carbocycles. The molecule has 1 unspecified atom stereocenters. The summed E-state index contributed by atoms with van der Waals surface area (Å²) >= 11 is 0. The lowest BCUT2D eigenvalue weighted by atomic mass is 9.90. The van der Waals surface area contributed by atoms with Crippen molar-refractivity contribution in [1.29, 1.82) is 0 Å². The molecule has 0 aromatic heterocycles. The molecule has 1 heterocycles. The summed E-state index contributed by atoms with van der Waals surface area (Å²) in [5.41, 5.74) is 3.47. The van der Waals surface area contributed by atoms with E-state index in [9.17, 15) is 4.79 Å². The molecule has 1 fully saturated rings. The molecule has 0 spiro atoms. The molecule has 2 N–H and O–H groups in total. The molecule has 2 aromatic rings. The van der Waals surface area contributed by atoms with Gasteiger partial charge in [-0.2, -0.15) is 0 Å².